The minimum atomic E-state index is -0.677. The molecule has 0 fully saturated rings. The van der Waals surface area contributed by atoms with Crippen LogP contribution in [-0.4, -0.2) is 29.9 Å². The smallest absolute Gasteiger partial charge is 0.316 e. The predicted molar refractivity (Wildman–Crippen MR) is 84.4 cm³/mol. The molecule has 0 rings (SSSR count). The fraction of sp³-hybridized carbons (Fsp3) is 0.824. The number of carbonyl (C=O) groups is 3. The molecule has 0 heterocycles. The molecule has 0 unspecified atom stereocenters. The van der Waals surface area contributed by atoms with E-state index in [0.29, 0.717) is 19.4 Å². The number of carbonyl (C=O) groups excluding carboxylic acids is 3. The van der Waals surface area contributed by atoms with Crippen molar-refractivity contribution in [3.05, 3.63) is 0 Å². The zero-order valence-corrected chi connectivity index (χ0v) is 14.6. The zero-order chi connectivity index (χ0) is 17.2. The maximum atomic E-state index is 12.0. The third-order valence-electron chi connectivity index (χ3n) is 3.11. The van der Waals surface area contributed by atoms with Gasteiger partial charge in [0.25, 0.3) is 0 Å². The lowest BCUT2D eigenvalue weighted by atomic mass is 9.96. The number of unbranched alkanes of at least 4 members (excludes halogenated alkanes) is 3. The van der Waals surface area contributed by atoms with Crippen LogP contribution in [0.3, 0.4) is 0 Å². The fourth-order valence-corrected chi connectivity index (χ4v) is 2.06. The molecule has 5 heteroatoms. The Morgan fingerprint density at radius 1 is 1.00 bits per heavy atom. The highest BCUT2D eigenvalue weighted by Gasteiger charge is 2.28. The van der Waals surface area contributed by atoms with E-state index in [9.17, 15) is 14.4 Å². The summed E-state index contributed by atoms with van der Waals surface area (Å²) in [5.74, 6) is -1.44. The lowest BCUT2D eigenvalue weighted by Gasteiger charge is -2.22. The Balaban J connectivity index is 4.00. The van der Waals surface area contributed by atoms with Crippen molar-refractivity contribution in [2.75, 3.05) is 6.61 Å². The van der Waals surface area contributed by atoms with Crippen molar-refractivity contribution in [3.63, 3.8) is 0 Å². The van der Waals surface area contributed by atoms with Gasteiger partial charge in [0.05, 0.1) is 6.61 Å². The molecule has 0 aromatic rings. The number of ether oxygens (including phenoxy) is 2. The van der Waals surface area contributed by atoms with E-state index in [2.05, 4.69) is 0 Å². The first-order valence-corrected chi connectivity index (χ1v) is 8.06. The molecule has 5 nitrogen and oxygen atoms in total. The first kappa shape index (κ1) is 20.6. The van der Waals surface area contributed by atoms with Gasteiger partial charge in [0.15, 0.2) is 0 Å². The van der Waals surface area contributed by atoms with E-state index in [0.717, 1.165) is 25.7 Å². The third-order valence-corrected chi connectivity index (χ3v) is 3.11. The van der Waals surface area contributed by atoms with E-state index in [1.807, 2.05) is 0 Å². The Hall–Kier alpha value is -1.39. The molecule has 22 heavy (non-hydrogen) atoms. The lowest BCUT2D eigenvalue weighted by Crippen LogP contribution is -2.31. The number of Topliss-reactive ketones (excluding diaryl/α,β-unsaturated/α-hetero) is 1. The van der Waals surface area contributed by atoms with Crippen LogP contribution in [0.5, 0.6) is 0 Å². The van der Waals surface area contributed by atoms with Crippen LogP contribution in [0, 0.1) is 5.92 Å². The van der Waals surface area contributed by atoms with Crippen LogP contribution in [0.2, 0.25) is 0 Å². The summed E-state index contributed by atoms with van der Waals surface area (Å²) in [5.41, 5.74) is -0.579. The summed E-state index contributed by atoms with van der Waals surface area (Å²) in [6, 6.07) is 0. The van der Waals surface area contributed by atoms with E-state index in [-0.39, 0.29) is 11.8 Å². The van der Waals surface area contributed by atoms with Gasteiger partial charge in [0, 0.05) is 6.42 Å². The van der Waals surface area contributed by atoms with Crippen molar-refractivity contribution in [3.8, 4) is 0 Å². The van der Waals surface area contributed by atoms with E-state index >= 15 is 0 Å². The molecule has 0 aliphatic rings. The highest BCUT2D eigenvalue weighted by atomic mass is 16.6. The molecule has 0 saturated carbocycles. The average Bonchev–Trinajstić information content (AvgIpc) is 2.35. The van der Waals surface area contributed by atoms with Crippen molar-refractivity contribution in [1.82, 2.24) is 0 Å². The zero-order valence-electron chi connectivity index (χ0n) is 14.6. The van der Waals surface area contributed by atoms with Gasteiger partial charge in [0.1, 0.15) is 17.3 Å². The molecule has 0 spiro atoms. The third kappa shape index (κ3) is 10.4. The SMILES string of the molecule is CCOC(=O)CCCCCC[C@H](C(C)=O)C(=O)OC(C)(C)C. The monoisotopic (exact) mass is 314 g/mol. The molecule has 0 aromatic carbocycles. The number of rotatable bonds is 10. The Morgan fingerprint density at radius 3 is 2.09 bits per heavy atom. The van der Waals surface area contributed by atoms with Crippen LogP contribution < -0.4 is 0 Å². The van der Waals surface area contributed by atoms with E-state index in [1.165, 1.54) is 6.92 Å². The molecule has 0 aromatic heterocycles. The fourth-order valence-electron chi connectivity index (χ4n) is 2.06. The Morgan fingerprint density at radius 2 is 1.59 bits per heavy atom. The van der Waals surface area contributed by atoms with Crippen LogP contribution in [0.1, 0.15) is 73.1 Å². The van der Waals surface area contributed by atoms with E-state index < -0.39 is 17.5 Å². The van der Waals surface area contributed by atoms with Crippen molar-refractivity contribution in [2.24, 2.45) is 5.92 Å². The van der Waals surface area contributed by atoms with Gasteiger partial charge < -0.3 is 9.47 Å². The quantitative estimate of drug-likeness (QED) is 0.351. The number of ketones is 1. The molecule has 0 amide bonds. The van der Waals surface area contributed by atoms with Crippen LogP contribution in [0.4, 0.5) is 0 Å². The van der Waals surface area contributed by atoms with Gasteiger partial charge in [-0.1, -0.05) is 19.3 Å². The molecule has 0 saturated heterocycles. The summed E-state index contributed by atoms with van der Waals surface area (Å²) in [4.78, 5) is 34.7. The topological polar surface area (TPSA) is 69.7 Å². The predicted octanol–water partition coefficient (Wildman–Crippen LogP) is 3.44. The minimum absolute atomic E-state index is 0.152. The molecule has 0 aliphatic heterocycles. The number of hydrogen-bond acceptors (Lipinski definition) is 5. The summed E-state index contributed by atoms with van der Waals surface area (Å²) < 4.78 is 10.1. The molecule has 0 radical (unpaired) electrons. The average molecular weight is 314 g/mol. The van der Waals surface area contributed by atoms with Crippen molar-refractivity contribution in [2.45, 2.75) is 78.7 Å². The highest BCUT2D eigenvalue weighted by molar-refractivity contribution is 5.97. The normalized spacial score (nSPS) is 12.6. The Kier molecular flexibility index (Phi) is 9.70. The van der Waals surface area contributed by atoms with Gasteiger partial charge in [0.2, 0.25) is 0 Å². The molecule has 0 bridgehead atoms. The van der Waals surface area contributed by atoms with E-state index in [1.54, 1.807) is 27.7 Å². The van der Waals surface area contributed by atoms with Crippen LogP contribution in [0.25, 0.3) is 0 Å². The standard InChI is InChI=1S/C17H30O5/c1-6-21-15(19)12-10-8-7-9-11-14(13(2)18)16(20)22-17(3,4)5/h14H,6-12H2,1-5H3/t14-/m1/s1. The van der Waals surface area contributed by atoms with Gasteiger partial charge >= 0.3 is 11.9 Å². The number of esters is 2. The second-order valence-electron chi connectivity index (χ2n) is 6.45. The summed E-state index contributed by atoms with van der Waals surface area (Å²) >= 11 is 0. The summed E-state index contributed by atoms with van der Waals surface area (Å²) in [6.07, 6.45) is 4.24. The van der Waals surface area contributed by atoms with Gasteiger partial charge in [-0.2, -0.15) is 0 Å². The minimum Gasteiger partial charge on any atom is -0.466 e. The van der Waals surface area contributed by atoms with Gasteiger partial charge in [-0.05, 0) is 47.5 Å². The van der Waals surface area contributed by atoms with Gasteiger partial charge in [-0.25, -0.2) is 0 Å². The van der Waals surface area contributed by atoms with Crippen LogP contribution in [-0.2, 0) is 23.9 Å². The summed E-state index contributed by atoms with van der Waals surface area (Å²) in [7, 11) is 0. The van der Waals surface area contributed by atoms with Gasteiger partial charge in [-0.15, -0.1) is 0 Å². The Labute approximate surface area is 133 Å². The van der Waals surface area contributed by atoms with Crippen LogP contribution >= 0.6 is 0 Å². The largest absolute Gasteiger partial charge is 0.466 e. The van der Waals surface area contributed by atoms with Crippen molar-refractivity contribution < 1.29 is 23.9 Å². The molecule has 1 atom stereocenters. The summed E-state index contributed by atoms with van der Waals surface area (Å²) in [6.45, 7) is 8.99. The van der Waals surface area contributed by atoms with Crippen molar-refractivity contribution >= 4 is 17.7 Å². The first-order chi connectivity index (χ1) is 10.2. The molecular weight excluding hydrogens is 284 g/mol. The van der Waals surface area contributed by atoms with Crippen molar-refractivity contribution in [1.29, 1.82) is 0 Å². The molecular formula is C17H30O5. The lowest BCUT2D eigenvalue weighted by molar-refractivity contribution is -0.162. The number of hydrogen-bond donors (Lipinski definition) is 0. The van der Waals surface area contributed by atoms with Gasteiger partial charge in [-0.3, -0.25) is 14.4 Å². The highest BCUT2D eigenvalue weighted by Crippen LogP contribution is 2.18. The summed E-state index contributed by atoms with van der Waals surface area (Å²) in [5, 5.41) is 0. The maximum absolute atomic E-state index is 12.0. The molecule has 128 valence electrons. The second-order valence-corrected chi connectivity index (χ2v) is 6.45. The second kappa shape index (κ2) is 10.4. The Bertz CT molecular complexity index is 368. The van der Waals surface area contributed by atoms with E-state index in [4.69, 9.17) is 9.47 Å². The molecule has 0 aliphatic carbocycles. The van der Waals surface area contributed by atoms with Crippen LogP contribution in [0.15, 0.2) is 0 Å². The first-order valence-electron chi connectivity index (χ1n) is 8.06. The maximum Gasteiger partial charge on any atom is 0.316 e. The molecule has 0 N–H and O–H groups in total.